The van der Waals surface area contributed by atoms with Crippen molar-refractivity contribution in [3.63, 3.8) is 0 Å². The van der Waals surface area contributed by atoms with Gasteiger partial charge in [-0.05, 0) is 50.7 Å². The van der Waals surface area contributed by atoms with E-state index in [2.05, 4.69) is 46.3 Å². The molecule has 3 rings (SSSR count). The largest absolute Gasteiger partial charge is 0.355 e. The van der Waals surface area contributed by atoms with Gasteiger partial charge in [0.15, 0.2) is 5.65 Å². The van der Waals surface area contributed by atoms with Crippen LogP contribution >= 0.6 is 0 Å². The summed E-state index contributed by atoms with van der Waals surface area (Å²) in [5.41, 5.74) is 0.744. The van der Waals surface area contributed by atoms with Crippen LogP contribution in [0.2, 0.25) is 0 Å². The van der Waals surface area contributed by atoms with Crippen molar-refractivity contribution in [3.05, 3.63) is 18.5 Å². The molecule has 1 aliphatic heterocycles. The van der Waals surface area contributed by atoms with Crippen LogP contribution in [0.3, 0.4) is 0 Å². The summed E-state index contributed by atoms with van der Waals surface area (Å²) in [6.45, 7) is 8.23. The van der Waals surface area contributed by atoms with Gasteiger partial charge in [-0.2, -0.15) is 4.52 Å². The monoisotopic (exact) mass is 344 g/mol. The van der Waals surface area contributed by atoms with E-state index in [9.17, 15) is 4.79 Å². The molecule has 0 radical (unpaired) electrons. The number of piperidine rings is 1. The van der Waals surface area contributed by atoms with Crippen LogP contribution in [-0.2, 0) is 4.79 Å². The molecule has 1 aliphatic rings. The first-order valence-corrected chi connectivity index (χ1v) is 9.25. The second-order valence-electron chi connectivity index (χ2n) is 7.47. The first-order valence-electron chi connectivity index (χ1n) is 9.25. The van der Waals surface area contributed by atoms with Crippen LogP contribution in [0, 0.1) is 11.8 Å². The molecule has 1 saturated heterocycles. The number of fused-ring (bicyclic) bond motifs is 1. The van der Waals surface area contributed by atoms with E-state index in [1.54, 1.807) is 10.8 Å². The number of nitrogens with one attached hydrogen (secondary N) is 1. The van der Waals surface area contributed by atoms with Gasteiger partial charge in [-0.15, -0.1) is 15.3 Å². The maximum atomic E-state index is 12.5. The number of nitrogens with zero attached hydrogens (tertiary/aromatic N) is 5. The summed E-state index contributed by atoms with van der Waals surface area (Å²) < 4.78 is 1.69. The van der Waals surface area contributed by atoms with E-state index < -0.39 is 0 Å². The topological polar surface area (TPSA) is 75.4 Å². The number of carbonyl (C=O) groups excluding carboxylic acids is 1. The zero-order valence-electron chi connectivity index (χ0n) is 15.4. The number of carbonyl (C=O) groups is 1. The molecule has 1 amide bonds. The molecule has 2 aromatic heterocycles. The molecule has 0 spiro atoms. The van der Waals surface area contributed by atoms with E-state index in [1.165, 1.54) is 0 Å². The maximum Gasteiger partial charge on any atom is 0.223 e. The van der Waals surface area contributed by atoms with E-state index >= 15 is 0 Å². The second kappa shape index (κ2) is 7.80. The predicted octanol–water partition coefficient (Wildman–Crippen LogP) is 2.28. The highest BCUT2D eigenvalue weighted by Crippen LogP contribution is 2.22. The van der Waals surface area contributed by atoms with Gasteiger partial charge in [0.1, 0.15) is 12.1 Å². The number of anilines is 1. The van der Waals surface area contributed by atoms with Gasteiger partial charge in [0.2, 0.25) is 5.91 Å². The highest BCUT2D eigenvalue weighted by atomic mass is 16.1. The summed E-state index contributed by atoms with van der Waals surface area (Å²) >= 11 is 0. The Bertz CT molecular complexity index is 704. The molecular formula is C18H28N6O. The quantitative estimate of drug-likeness (QED) is 0.870. The third-order valence-corrected chi connectivity index (χ3v) is 4.90. The highest BCUT2D eigenvalue weighted by Gasteiger charge is 2.26. The summed E-state index contributed by atoms with van der Waals surface area (Å²) in [4.78, 5) is 14.7. The van der Waals surface area contributed by atoms with E-state index in [4.69, 9.17) is 0 Å². The van der Waals surface area contributed by atoms with Crippen molar-refractivity contribution in [2.45, 2.75) is 52.5 Å². The van der Waals surface area contributed by atoms with Crippen molar-refractivity contribution in [1.29, 1.82) is 0 Å². The zero-order valence-corrected chi connectivity index (χ0v) is 15.4. The summed E-state index contributed by atoms with van der Waals surface area (Å²) in [7, 11) is 0. The predicted molar refractivity (Wildman–Crippen MR) is 97.4 cm³/mol. The molecule has 7 heteroatoms. The lowest BCUT2D eigenvalue weighted by Crippen LogP contribution is -2.43. The molecule has 1 fully saturated rings. The highest BCUT2D eigenvalue weighted by molar-refractivity contribution is 5.79. The molecule has 0 aliphatic carbocycles. The second-order valence-corrected chi connectivity index (χ2v) is 7.47. The Kier molecular flexibility index (Phi) is 5.50. The smallest absolute Gasteiger partial charge is 0.223 e. The SMILES string of the molecule is CC(C)CCC(C)NC(=O)C1CCN(c2ccc3nncn3n2)CC1. The third kappa shape index (κ3) is 4.46. The minimum atomic E-state index is 0.108. The molecule has 136 valence electrons. The van der Waals surface area contributed by atoms with E-state index in [1.807, 2.05) is 12.1 Å². The third-order valence-electron chi connectivity index (χ3n) is 4.90. The van der Waals surface area contributed by atoms with Gasteiger partial charge in [-0.1, -0.05) is 13.8 Å². The Balaban J connectivity index is 1.50. The van der Waals surface area contributed by atoms with Crippen LogP contribution in [-0.4, -0.2) is 44.8 Å². The zero-order chi connectivity index (χ0) is 17.8. The molecule has 3 heterocycles. The lowest BCUT2D eigenvalue weighted by atomic mass is 9.95. The molecule has 0 aromatic carbocycles. The number of hydrogen-bond acceptors (Lipinski definition) is 5. The van der Waals surface area contributed by atoms with E-state index in [0.29, 0.717) is 5.92 Å². The van der Waals surface area contributed by atoms with Crippen LogP contribution in [0.4, 0.5) is 5.82 Å². The van der Waals surface area contributed by atoms with E-state index in [0.717, 1.165) is 50.2 Å². The fourth-order valence-corrected chi connectivity index (χ4v) is 3.27. The average molecular weight is 344 g/mol. The van der Waals surface area contributed by atoms with Crippen LogP contribution < -0.4 is 10.2 Å². The maximum absolute atomic E-state index is 12.5. The first kappa shape index (κ1) is 17.6. The standard InChI is InChI=1S/C18H28N6O/c1-13(2)4-5-14(3)20-18(25)15-8-10-23(11-9-15)17-7-6-16-21-19-12-24(16)22-17/h6-7,12-15H,4-5,8-11H2,1-3H3,(H,20,25). The van der Waals surface area contributed by atoms with Crippen molar-refractivity contribution in [2.75, 3.05) is 18.0 Å². The number of hydrogen-bond donors (Lipinski definition) is 1. The van der Waals surface area contributed by atoms with Crippen LogP contribution in [0.5, 0.6) is 0 Å². The van der Waals surface area contributed by atoms with Gasteiger partial charge in [0, 0.05) is 25.0 Å². The molecule has 2 aromatic rings. The molecule has 1 N–H and O–H groups in total. The summed E-state index contributed by atoms with van der Waals surface area (Å²) in [5, 5.41) is 15.5. The Morgan fingerprint density at radius 3 is 2.72 bits per heavy atom. The molecular weight excluding hydrogens is 316 g/mol. The van der Waals surface area contributed by atoms with Gasteiger partial charge in [0.25, 0.3) is 0 Å². The van der Waals surface area contributed by atoms with Crippen LogP contribution in [0.25, 0.3) is 5.65 Å². The van der Waals surface area contributed by atoms with Gasteiger partial charge in [-0.25, -0.2) is 0 Å². The Hall–Kier alpha value is -2.18. The molecule has 25 heavy (non-hydrogen) atoms. The molecule has 7 nitrogen and oxygen atoms in total. The van der Waals surface area contributed by atoms with E-state index in [-0.39, 0.29) is 17.9 Å². The van der Waals surface area contributed by atoms with Crippen molar-refractivity contribution < 1.29 is 4.79 Å². The first-order chi connectivity index (χ1) is 12.0. The fraction of sp³-hybridized carbons (Fsp3) is 0.667. The normalized spacial score (nSPS) is 17.2. The lowest BCUT2D eigenvalue weighted by molar-refractivity contribution is -0.126. The Morgan fingerprint density at radius 2 is 2.00 bits per heavy atom. The van der Waals surface area contributed by atoms with Crippen LogP contribution in [0.15, 0.2) is 18.5 Å². The minimum Gasteiger partial charge on any atom is -0.355 e. The Morgan fingerprint density at radius 1 is 1.24 bits per heavy atom. The van der Waals surface area contributed by atoms with Gasteiger partial charge < -0.3 is 10.2 Å². The van der Waals surface area contributed by atoms with Crippen LogP contribution in [0.1, 0.15) is 46.5 Å². The van der Waals surface area contributed by atoms with Gasteiger partial charge >= 0.3 is 0 Å². The van der Waals surface area contributed by atoms with Crippen molar-refractivity contribution in [2.24, 2.45) is 11.8 Å². The van der Waals surface area contributed by atoms with Gasteiger partial charge in [0.05, 0.1) is 0 Å². The van der Waals surface area contributed by atoms with Crippen molar-refractivity contribution in [3.8, 4) is 0 Å². The average Bonchev–Trinajstić information content (AvgIpc) is 3.07. The Labute approximate surface area is 148 Å². The number of rotatable bonds is 6. The summed E-state index contributed by atoms with van der Waals surface area (Å²) in [5.74, 6) is 1.91. The van der Waals surface area contributed by atoms with Gasteiger partial charge in [-0.3, -0.25) is 4.79 Å². The minimum absolute atomic E-state index is 0.108. The van der Waals surface area contributed by atoms with Crippen molar-refractivity contribution >= 4 is 17.4 Å². The summed E-state index contributed by atoms with van der Waals surface area (Å²) in [6, 6.07) is 4.15. The fourth-order valence-electron chi connectivity index (χ4n) is 3.27. The molecule has 0 saturated carbocycles. The van der Waals surface area contributed by atoms with Crippen molar-refractivity contribution in [1.82, 2.24) is 25.1 Å². The molecule has 1 unspecified atom stereocenters. The number of aromatic nitrogens is 4. The summed E-state index contributed by atoms with van der Waals surface area (Å²) in [6.07, 6.45) is 5.54. The molecule has 1 atom stereocenters. The lowest BCUT2D eigenvalue weighted by Gasteiger charge is -2.32. The number of amides is 1. The molecule has 0 bridgehead atoms.